The van der Waals surface area contributed by atoms with Crippen molar-refractivity contribution in [2.75, 3.05) is 39.5 Å². The van der Waals surface area contributed by atoms with Gasteiger partial charge in [-0.05, 0) is 23.0 Å². The lowest BCUT2D eigenvalue weighted by molar-refractivity contribution is -0.379. The van der Waals surface area contributed by atoms with Crippen LogP contribution < -0.4 is 25.8 Å². The van der Waals surface area contributed by atoms with E-state index in [1.165, 1.54) is 12.4 Å². The topological polar surface area (TPSA) is 243 Å². The Morgan fingerprint density at radius 1 is 1.19 bits per heavy atom. The third-order valence-electron chi connectivity index (χ3n) is 6.99. The summed E-state index contributed by atoms with van der Waals surface area (Å²) < 4.78 is 39.1. The minimum Gasteiger partial charge on any atom is -0.774 e. The van der Waals surface area contributed by atoms with Crippen molar-refractivity contribution < 1.29 is 57.2 Å². The smallest absolute Gasteiger partial charge is 0.540 e. The number of rotatable bonds is 16. The van der Waals surface area contributed by atoms with Gasteiger partial charge in [0.25, 0.3) is 5.91 Å². The molecule has 1 aliphatic heterocycles. The zero-order valence-corrected chi connectivity index (χ0v) is 27.6. The Morgan fingerprint density at radius 2 is 1.89 bits per heavy atom. The molecular formula is C27H40BN6O11P2+. The van der Waals surface area contributed by atoms with Gasteiger partial charge in [0.15, 0.2) is 18.1 Å². The Bertz CT molecular complexity index is 1350. The van der Waals surface area contributed by atoms with Crippen molar-refractivity contribution in [3.05, 3.63) is 60.2 Å². The minimum atomic E-state index is -5.29. The molecule has 0 aliphatic carbocycles. The van der Waals surface area contributed by atoms with E-state index in [1.54, 1.807) is 11.5 Å². The van der Waals surface area contributed by atoms with Gasteiger partial charge in [-0.15, -0.1) is 0 Å². The highest BCUT2D eigenvalue weighted by molar-refractivity contribution is 7.64. The number of nitrogens with one attached hydrogen (secondary N) is 4. The molecule has 1 aliphatic rings. The number of carbonyl (C=O) groups excluding carboxylic acids is 3. The lowest BCUT2D eigenvalue weighted by Gasteiger charge is -2.31. The predicted molar refractivity (Wildman–Crippen MR) is 166 cm³/mol. The number of aromatic amines is 1. The van der Waals surface area contributed by atoms with Gasteiger partial charge in [0.05, 0.1) is 18.7 Å². The van der Waals surface area contributed by atoms with E-state index in [1.807, 2.05) is 42.2 Å². The fraction of sp³-hybridized carbons (Fsp3) is 0.519. The molecule has 6 N–H and O–H groups in total. The second-order valence-electron chi connectivity index (χ2n) is 10.6. The molecule has 5 unspecified atom stereocenters. The summed E-state index contributed by atoms with van der Waals surface area (Å²) in [7, 11) is -9.46. The molecule has 256 valence electrons. The van der Waals surface area contributed by atoms with Gasteiger partial charge in [0.1, 0.15) is 6.04 Å². The van der Waals surface area contributed by atoms with E-state index in [2.05, 4.69) is 20.6 Å². The van der Waals surface area contributed by atoms with Gasteiger partial charge < -0.3 is 39.0 Å². The number of ether oxygens (including phenoxy) is 1. The molecule has 1 aromatic carbocycles. The van der Waals surface area contributed by atoms with Gasteiger partial charge in [0.2, 0.25) is 13.5 Å². The van der Waals surface area contributed by atoms with E-state index in [0.717, 1.165) is 12.0 Å². The molecule has 3 rings (SSSR count). The Kier molecular flexibility index (Phi) is 15.8. The first kappa shape index (κ1) is 38.1. The second-order valence-corrected chi connectivity index (χ2v) is 13.8. The van der Waals surface area contributed by atoms with Crippen molar-refractivity contribution in [1.29, 1.82) is 0 Å². The van der Waals surface area contributed by atoms with E-state index >= 15 is 0 Å². The number of alkyl carbamates (subject to hydrolysis) is 1. The van der Waals surface area contributed by atoms with Crippen LogP contribution in [0.1, 0.15) is 42.2 Å². The third-order valence-corrected chi connectivity index (χ3v) is 9.76. The first-order chi connectivity index (χ1) is 22.5. The Labute approximate surface area is 273 Å². The number of amides is 3. The summed E-state index contributed by atoms with van der Waals surface area (Å²) in [6.45, 7) is 3.85. The van der Waals surface area contributed by atoms with Gasteiger partial charge in [-0.25, -0.2) is 14.8 Å². The number of benzene rings is 1. The van der Waals surface area contributed by atoms with Crippen molar-refractivity contribution >= 4 is 40.6 Å². The van der Waals surface area contributed by atoms with Crippen LogP contribution in [0.3, 0.4) is 0 Å². The van der Waals surface area contributed by atoms with Crippen LogP contribution in [0.15, 0.2) is 48.9 Å². The Balaban J connectivity index is 1.51. The van der Waals surface area contributed by atoms with Crippen molar-refractivity contribution in [2.24, 2.45) is 0 Å². The summed E-state index contributed by atoms with van der Waals surface area (Å²) in [5.41, 5.74) is -1.36. The van der Waals surface area contributed by atoms with E-state index in [4.69, 9.17) is 23.8 Å². The summed E-state index contributed by atoms with van der Waals surface area (Å²) in [4.78, 5) is 76.3. The second kappa shape index (κ2) is 19.5. The highest BCUT2D eigenvalue weighted by Crippen LogP contribution is 2.46. The van der Waals surface area contributed by atoms with Gasteiger partial charge in [-0.1, -0.05) is 43.7 Å². The summed E-state index contributed by atoms with van der Waals surface area (Å²) in [6.07, 6.45) is 5.10. The summed E-state index contributed by atoms with van der Waals surface area (Å²) >= 11 is 0. The molecule has 2 heterocycles. The number of hydrogen-bond donors (Lipinski definition) is 5. The minimum absolute atomic E-state index is 0.125. The van der Waals surface area contributed by atoms with Crippen molar-refractivity contribution in [3.8, 4) is 0 Å². The molecule has 3 amide bonds. The van der Waals surface area contributed by atoms with E-state index in [0.29, 0.717) is 32.5 Å². The maximum atomic E-state index is 13.6. The van der Waals surface area contributed by atoms with Crippen molar-refractivity contribution in [1.82, 2.24) is 25.8 Å². The molecule has 1 fully saturated rings. The Morgan fingerprint density at radius 3 is 2.49 bits per heavy atom. The van der Waals surface area contributed by atoms with E-state index in [9.17, 15) is 28.4 Å². The molecule has 0 saturated carbocycles. The maximum absolute atomic E-state index is 13.6. The van der Waals surface area contributed by atoms with Gasteiger partial charge >= 0.3 is 26.8 Å². The molecule has 2 aromatic rings. The fourth-order valence-corrected chi connectivity index (χ4v) is 6.17. The molecule has 1 saturated heterocycles. The van der Waals surface area contributed by atoms with Crippen LogP contribution >= 0.6 is 15.6 Å². The largest absolute Gasteiger partial charge is 0.774 e. The molecular weight excluding hydrogens is 657 g/mol. The normalized spacial score (nSPS) is 17.5. The first-order valence-corrected chi connectivity index (χ1v) is 18.0. The number of nitrogens with zero attached hydrogens (tertiary/aromatic N) is 2. The van der Waals surface area contributed by atoms with E-state index < -0.39 is 58.2 Å². The number of H-pyrrole nitrogens is 1. The van der Waals surface area contributed by atoms with Gasteiger partial charge in [-0.2, -0.15) is 4.89 Å². The Hall–Kier alpha value is -3.34. The average molecular weight is 697 g/mol. The molecule has 5 atom stereocenters. The van der Waals surface area contributed by atoms with Crippen LogP contribution in [0.5, 0.6) is 0 Å². The fourth-order valence-electron chi connectivity index (χ4n) is 4.68. The highest BCUT2D eigenvalue weighted by Gasteiger charge is 2.40. The molecule has 47 heavy (non-hydrogen) atoms. The maximum Gasteiger partial charge on any atom is 0.540 e. The summed E-state index contributed by atoms with van der Waals surface area (Å²) in [5.74, 6) is -1.39. The summed E-state index contributed by atoms with van der Waals surface area (Å²) in [6, 6.07) is 8.43. The first-order valence-electron chi connectivity index (χ1n) is 15.0. The third kappa shape index (κ3) is 13.4. The number of aromatic nitrogens is 2. The van der Waals surface area contributed by atoms with Gasteiger partial charge in [-0.3, -0.25) is 19.8 Å². The van der Waals surface area contributed by atoms with Crippen LogP contribution in [0.25, 0.3) is 0 Å². The highest BCUT2D eigenvalue weighted by atomic mass is 31.2. The quantitative estimate of drug-likeness (QED) is 0.0852. The van der Waals surface area contributed by atoms with E-state index in [-0.39, 0.29) is 31.9 Å². The summed E-state index contributed by atoms with van der Waals surface area (Å²) in [5, 5.41) is 7.47. The van der Waals surface area contributed by atoms with Crippen LogP contribution in [-0.2, 0) is 34.4 Å². The molecule has 0 radical (unpaired) electrons. The van der Waals surface area contributed by atoms with Crippen LogP contribution in [0.4, 0.5) is 4.79 Å². The zero-order valence-electron chi connectivity index (χ0n) is 25.9. The molecule has 20 heteroatoms. The van der Waals surface area contributed by atoms with Crippen molar-refractivity contribution in [3.63, 3.8) is 0 Å². The van der Waals surface area contributed by atoms with Crippen LogP contribution in [0, 0.1) is 0 Å². The van der Waals surface area contributed by atoms with Gasteiger partial charge in [0, 0.05) is 39.3 Å². The molecule has 17 nitrogen and oxygen atoms in total. The van der Waals surface area contributed by atoms with Crippen molar-refractivity contribution in [2.45, 2.75) is 50.1 Å². The lowest BCUT2D eigenvalue weighted by atomic mass is 9.75. The average Bonchev–Trinajstić information content (AvgIpc) is 3.02. The SMILES string of the molecule is CCCC(NC(=O)C(Cc1ccccc1)NC(=O)c1c[nH+]ccn1)B1OCCN(CCCOC(=O)NC([P+](=O)O)P(=O)([O-])O)CCO1. The van der Waals surface area contributed by atoms with Crippen LogP contribution in [-0.4, -0.2) is 102 Å². The zero-order chi connectivity index (χ0) is 34.2. The lowest BCUT2D eigenvalue weighted by Crippen LogP contribution is -2.57. The number of hydrogen-bond acceptors (Lipinski definition) is 11. The molecule has 1 aromatic heterocycles. The number of carbonyl (C=O) groups is 3. The van der Waals surface area contributed by atoms with Crippen LogP contribution in [0.2, 0.25) is 0 Å². The molecule has 0 bridgehead atoms. The standard InChI is InChI=1S/C27H39BN6O11P2/c1-2-7-23(32-24(35)21(18-20-8-4-3-5-9-20)31-25(36)22-19-29-10-11-30-22)28-44-16-13-34(14-17-45-28)12-6-15-43-26(37)33-27(46(38)39)47(40,41)42/h3-5,8-11,19,21,23,27H,2,6-7,12-18H2,1H3,(H5-,31,32,33,35,36,37,38,39,40,41,42)/p+1. The molecule has 0 spiro atoms. The predicted octanol–water partition coefficient (Wildman–Crippen LogP) is -0.422. The monoisotopic (exact) mass is 697 g/mol.